The summed E-state index contributed by atoms with van der Waals surface area (Å²) >= 11 is 0. The Kier molecular flexibility index (Phi) is 6.11. The first-order chi connectivity index (χ1) is 15.0. The maximum atomic E-state index is 12.4. The molecule has 2 aromatic carbocycles. The molecule has 0 unspecified atom stereocenters. The first kappa shape index (κ1) is 20.8. The summed E-state index contributed by atoms with van der Waals surface area (Å²) in [5, 5.41) is 6.92. The van der Waals surface area contributed by atoms with Crippen LogP contribution in [0.3, 0.4) is 0 Å². The number of rotatable bonds is 7. The minimum atomic E-state index is -0.128. The third-order valence-corrected chi connectivity index (χ3v) is 5.50. The van der Waals surface area contributed by atoms with Gasteiger partial charge in [0.2, 0.25) is 23.5 Å². The number of carbonyl (C=O) groups excluding carboxylic acids is 2. The van der Waals surface area contributed by atoms with Crippen LogP contribution in [0.1, 0.15) is 43.2 Å². The fourth-order valence-corrected chi connectivity index (χ4v) is 3.75. The molecule has 0 spiro atoms. The molecule has 1 N–H and O–H groups in total. The van der Waals surface area contributed by atoms with Gasteiger partial charge in [-0.15, -0.1) is 0 Å². The smallest absolute Gasteiger partial charge is 0.227 e. The number of hydrogen-bond donors (Lipinski definition) is 1. The van der Waals surface area contributed by atoms with Gasteiger partial charge >= 0.3 is 0 Å². The molecule has 1 aliphatic heterocycles. The average molecular weight is 418 g/mol. The van der Waals surface area contributed by atoms with E-state index in [-0.39, 0.29) is 18.2 Å². The zero-order valence-corrected chi connectivity index (χ0v) is 17.9. The van der Waals surface area contributed by atoms with Crippen LogP contribution in [0, 0.1) is 6.92 Å². The molecule has 1 aromatic heterocycles. The molecule has 1 fully saturated rings. The molecule has 3 aromatic rings. The minimum Gasteiger partial charge on any atom is -0.339 e. The highest BCUT2D eigenvalue weighted by atomic mass is 16.5. The number of benzene rings is 2. The number of aromatic nitrogens is 2. The highest BCUT2D eigenvalue weighted by Crippen LogP contribution is 2.27. The van der Waals surface area contributed by atoms with Crippen LogP contribution in [0.15, 0.2) is 47.0 Å². The Morgan fingerprint density at radius 3 is 2.68 bits per heavy atom. The van der Waals surface area contributed by atoms with Gasteiger partial charge in [-0.1, -0.05) is 36.3 Å². The second kappa shape index (κ2) is 9.12. The number of carbonyl (C=O) groups is 2. The van der Waals surface area contributed by atoms with Crippen LogP contribution in [0.25, 0.3) is 11.4 Å². The number of nitrogens with zero attached hydrogens (tertiary/aromatic N) is 3. The van der Waals surface area contributed by atoms with Crippen LogP contribution in [0.4, 0.5) is 11.4 Å². The first-order valence-corrected chi connectivity index (χ1v) is 10.7. The van der Waals surface area contributed by atoms with E-state index in [0.29, 0.717) is 30.2 Å². The van der Waals surface area contributed by atoms with Crippen molar-refractivity contribution in [3.8, 4) is 11.4 Å². The van der Waals surface area contributed by atoms with Gasteiger partial charge in [0.05, 0.1) is 0 Å². The van der Waals surface area contributed by atoms with Gasteiger partial charge in [-0.2, -0.15) is 4.98 Å². The SMILES string of the molecule is CCc1ccc(-c2noc(CCC(=O)Nc3ccc(N4CCCC4=O)c(C)c3)n2)cc1. The topological polar surface area (TPSA) is 88.3 Å². The molecule has 0 radical (unpaired) electrons. The Hall–Kier alpha value is -3.48. The maximum Gasteiger partial charge on any atom is 0.227 e. The van der Waals surface area contributed by atoms with Crippen molar-refractivity contribution in [3.05, 3.63) is 59.5 Å². The molecular formula is C24H26N4O3. The average Bonchev–Trinajstić information content (AvgIpc) is 3.42. The molecule has 7 nitrogen and oxygen atoms in total. The van der Waals surface area contributed by atoms with E-state index < -0.39 is 0 Å². The van der Waals surface area contributed by atoms with Crippen LogP contribution < -0.4 is 10.2 Å². The van der Waals surface area contributed by atoms with Crippen molar-refractivity contribution in [2.75, 3.05) is 16.8 Å². The predicted molar refractivity (Wildman–Crippen MR) is 119 cm³/mol. The van der Waals surface area contributed by atoms with Gasteiger partial charge in [0.25, 0.3) is 0 Å². The van der Waals surface area contributed by atoms with Crippen LogP contribution >= 0.6 is 0 Å². The van der Waals surface area contributed by atoms with Gasteiger partial charge in [0, 0.05) is 42.7 Å². The molecule has 1 aliphatic rings. The summed E-state index contributed by atoms with van der Waals surface area (Å²) in [7, 11) is 0. The van der Waals surface area contributed by atoms with Gasteiger partial charge in [-0.05, 0) is 49.1 Å². The Balaban J connectivity index is 1.33. The van der Waals surface area contributed by atoms with Crippen molar-refractivity contribution >= 4 is 23.2 Å². The van der Waals surface area contributed by atoms with E-state index in [1.807, 2.05) is 54.3 Å². The molecule has 0 bridgehead atoms. The molecule has 0 saturated carbocycles. The molecule has 31 heavy (non-hydrogen) atoms. The quantitative estimate of drug-likeness (QED) is 0.618. The molecular weight excluding hydrogens is 392 g/mol. The number of nitrogens with one attached hydrogen (secondary N) is 1. The van der Waals surface area contributed by atoms with Crippen LogP contribution in [0.5, 0.6) is 0 Å². The van der Waals surface area contributed by atoms with Crippen LogP contribution in [-0.4, -0.2) is 28.5 Å². The Labute approximate surface area is 181 Å². The van der Waals surface area contributed by atoms with E-state index in [4.69, 9.17) is 4.52 Å². The molecule has 7 heteroatoms. The van der Waals surface area contributed by atoms with Crippen molar-refractivity contribution in [3.63, 3.8) is 0 Å². The van der Waals surface area contributed by atoms with Crippen LogP contribution in [0.2, 0.25) is 0 Å². The number of anilines is 2. The molecule has 2 amide bonds. The van der Waals surface area contributed by atoms with Crippen molar-refractivity contribution in [1.29, 1.82) is 0 Å². The first-order valence-electron chi connectivity index (χ1n) is 10.7. The predicted octanol–water partition coefficient (Wildman–Crippen LogP) is 4.31. The summed E-state index contributed by atoms with van der Waals surface area (Å²) in [6, 6.07) is 13.7. The number of hydrogen-bond acceptors (Lipinski definition) is 5. The lowest BCUT2D eigenvalue weighted by atomic mass is 10.1. The third kappa shape index (κ3) is 4.82. The van der Waals surface area contributed by atoms with E-state index in [2.05, 4.69) is 22.4 Å². The molecule has 1 saturated heterocycles. The van der Waals surface area contributed by atoms with Gasteiger partial charge < -0.3 is 14.7 Å². The van der Waals surface area contributed by atoms with Gasteiger partial charge in [-0.3, -0.25) is 9.59 Å². The highest BCUT2D eigenvalue weighted by molar-refractivity contribution is 5.97. The fourth-order valence-electron chi connectivity index (χ4n) is 3.75. The largest absolute Gasteiger partial charge is 0.339 e. The van der Waals surface area contributed by atoms with Crippen molar-refractivity contribution in [2.24, 2.45) is 0 Å². The summed E-state index contributed by atoms with van der Waals surface area (Å²) in [6.07, 6.45) is 3.07. The van der Waals surface area contributed by atoms with Gasteiger partial charge in [0.15, 0.2) is 0 Å². The molecule has 160 valence electrons. The fraction of sp³-hybridized carbons (Fsp3) is 0.333. The van der Waals surface area contributed by atoms with Crippen LogP contribution in [-0.2, 0) is 22.4 Å². The normalized spacial score (nSPS) is 13.6. The summed E-state index contributed by atoms with van der Waals surface area (Å²) < 4.78 is 5.30. The zero-order valence-electron chi connectivity index (χ0n) is 17.9. The molecule has 0 aliphatic carbocycles. The highest BCUT2D eigenvalue weighted by Gasteiger charge is 2.23. The summed E-state index contributed by atoms with van der Waals surface area (Å²) in [6.45, 7) is 4.81. The summed E-state index contributed by atoms with van der Waals surface area (Å²) in [5.74, 6) is 0.987. The lowest BCUT2D eigenvalue weighted by Crippen LogP contribution is -2.24. The lowest BCUT2D eigenvalue weighted by molar-refractivity contribution is -0.117. The van der Waals surface area contributed by atoms with E-state index in [1.54, 1.807) is 0 Å². The second-order valence-electron chi connectivity index (χ2n) is 7.76. The Bertz CT molecular complexity index is 1090. The van der Waals surface area contributed by atoms with E-state index >= 15 is 0 Å². The summed E-state index contributed by atoms with van der Waals surface area (Å²) in [5.41, 5.74) is 4.72. The molecule has 4 rings (SSSR count). The molecule has 0 atom stereocenters. The van der Waals surface area contributed by atoms with E-state index in [0.717, 1.165) is 36.2 Å². The second-order valence-corrected chi connectivity index (χ2v) is 7.76. The third-order valence-electron chi connectivity index (χ3n) is 5.50. The van der Waals surface area contributed by atoms with Crippen molar-refractivity contribution < 1.29 is 14.1 Å². The number of amides is 2. The van der Waals surface area contributed by atoms with E-state index in [1.165, 1.54) is 5.56 Å². The monoisotopic (exact) mass is 418 g/mol. The van der Waals surface area contributed by atoms with Crippen molar-refractivity contribution in [1.82, 2.24) is 10.1 Å². The standard InChI is InChI=1S/C24H26N4O3/c1-3-17-6-8-18(9-7-17)24-26-22(31-27-24)13-12-21(29)25-19-10-11-20(16(2)15-19)28-14-4-5-23(28)30/h6-11,15H,3-5,12-14H2,1-2H3,(H,25,29). The number of aryl methyl sites for hydroxylation is 3. The van der Waals surface area contributed by atoms with E-state index in [9.17, 15) is 9.59 Å². The lowest BCUT2D eigenvalue weighted by Gasteiger charge is -2.19. The van der Waals surface area contributed by atoms with Gasteiger partial charge in [-0.25, -0.2) is 0 Å². The van der Waals surface area contributed by atoms with Gasteiger partial charge in [0.1, 0.15) is 0 Å². The Morgan fingerprint density at radius 1 is 1.19 bits per heavy atom. The molecule has 2 heterocycles. The van der Waals surface area contributed by atoms with Crippen molar-refractivity contribution in [2.45, 2.75) is 46.0 Å². The minimum absolute atomic E-state index is 0.128. The summed E-state index contributed by atoms with van der Waals surface area (Å²) in [4.78, 5) is 30.5. The zero-order chi connectivity index (χ0) is 21.8. The maximum absolute atomic E-state index is 12.4. The Morgan fingerprint density at radius 2 is 2.00 bits per heavy atom.